The minimum absolute atomic E-state index is 0.219. The minimum atomic E-state index is -0.272. The number of rotatable bonds is 5. The van der Waals surface area contributed by atoms with Crippen LogP contribution in [0.3, 0.4) is 0 Å². The van der Waals surface area contributed by atoms with Crippen LogP contribution in [0.1, 0.15) is 32.1 Å². The van der Waals surface area contributed by atoms with Gasteiger partial charge in [-0.15, -0.1) is 0 Å². The summed E-state index contributed by atoms with van der Waals surface area (Å²) in [5, 5.41) is 3.58. The van der Waals surface area contributed by atoms with Crippen LogP contribution in [0.5, 0.6) is 5.75 Å². The molecule has 2 saturated heterocycles. The number of hydrogen-bond donors (Lipinski definition) is 1. The zero-order chi connectivity index (χ0) is 15.4. The zero-order valence-corrected chi connectivity index (χ0v) is 12.8. The van der Waals surface area contributed by atoms with Crippen LogP contribution in [0, 0.1) is 5.82 Å². The van der Waals surface area contributed by atoms with E-state index in [2.05, 4.69) is 5.32 Å². The van der Waals surface area contributed by atoms with Gasteiger partial charge in [-0.3, -0.25) is 4.79 Å². The van der Waals surface area contributed by atoms with Crippen molar-refractivity contribution in [3.8, 4) is 5.75 Å². The van der Waals surface area contributed by atoms with Gasteiger partial charge in [0.15, 0.2) is 0 Å². The molecule has 2 fully saturated rings. The summed E-state index contributed by atoms with van der Waals surface area (Å²) in [5.74, 6) is 0.591. The molecule has 0 aromatic heterocycles. The molecule has 2 bridgehead atoms. The number of hydrogen-bond acceptors (Lipinski definition) is 3. The van der Waals surface area contributed by atoms with Gasteiger partial charge in [0.1, 0.15) is 11.6 Å². The lowest BCUT2D eigenvalue weighted by atomic mass is 10.1. The average Bonchev–Trinajstić information content (AvgIpc) is 2.84. The van der Waals surface area contributed by atoms with E-state index in [0.717, 1.165) is 19.5 Å². The standard InChI is InChI=1S/C17H23FN2O2/c18-13-3-7-16(8-4-13)22-11-1-2-17(21)20-10-9-14-5-6-15(12-20)19-14/h3-4,7-8,14-15,19H,1-2,5-6,9-12H2. The molecule has 0 spiro atoms. The van der Waals surface area contributed by atoms with Crippen LogP contribution >= 0.6 is 0 Å². The third kappa shape index (κ3) is 3.97. The van der Waals surface area contributed by atoms with Crippen LogP contribution in [-0.2, 0) is 4.79 Å². The van der Waals surface area contributed by atoms with Gasteiger partial charge >= 0.3 is 0 Å². The predicted molar refractivity (Wildman–Crippen MR) is 82.3 cm³/mol. The Morgan fingerprint density at radius 2 is 2.00 bits per heavy atom. The van der Waals surface area contributed by atoms with Gasteiger partial charge in [-0.25, -0.2) is 4.39 Å². The van der Waals surface area contributed by atoms with E-state index < -0.39 is 0 Å². The summed E-state index contributed by atoms with van der Waals surface area (Å²) >= 11 is 0. The number of benzene rings is 1. The lowest BCUT2D eigenvalue weighted by Gasteiger charge is -2.24. The molecule has 0 radical (unpaired) electrons. The first-order valence-corrected chi connectivity index (χ1v) is 8.13. The van der Waals surface area contributed by atoms with Gasteiger partial charge in [-0.05, 0) is 49.9 Å². The highest BCUT2D eigenvalue weighted by Gasteiger charge is 2.30. The molecular formula is C17H23FN2O2. The van der Waals surface area contributed by atoms with Gasteiger partial charge in [0.25, 0.3) is 0 Å². The Bertz CT molecular complexity index is 506. The summed E-state index contributed by atoms with van der Waals surface area (Å²) in [6, 6.07) is 7.04. The number of nitrogens with one attached hydrogen (secondary N) is 1. The molecule has 2 aliphatic heterocycles. The molecule has 2 unspecified atom stereocenters. The van der Waals surface area contributed by atoms with Crippen LogP contribution < -0.4 is 10.1 Å². The summed E-state index contributed by atoms with van der Waals surface area (Å²) in [6.07, 6.45) is 4.70. The topological polar surface area (TPSA) is 41.6 Å². The molecule has 0 aliphatic carbocycles. The van der Waals surface area contributed by atoms with E-state index in [4.69, 9.17) is 4.74 Å². The minimum Gasteiger partial charge on any atom is -0.494 e. The van der Waals surface area contributed by atoms with E-state index in [1.807, 2.05) is 4.90 Å². The second kappa shape index (κ2) is 7.09. The largest absolute Gasteiger partial charge is 0.494 e. The highest BCUT2D eigenvalue weighted by atomic mass is 19.1. The first-order chi connectivity index (χ1) is 10.7. The van der Waals surface area contributed by atoms with Crippen molar-refractivity contribution < 1.29 is 13.9 Å². The summed E-state index contributed by atoms with van der Waals surface area (Å²) in [6.45, 7) is 2.19. The molecule has 1 amide bonds. The number of halogens is 1. The second-order valence-corrected chi connectivity index (χ2v) is 6.17. The molecule has 1 N–H and O–H groups in total. The maximum atomic E-state index is 12.8. The number of nitrogens with zero attached hydrogens (tertiary/aromatic N) is 1. The predicted octanol–water partition coefficient (Wildman–Crippen LogP) is 2.34. The average molecular weight is 306 g/mol. The number of carbonyl (C=O) groups is 1. The van der Waals surface area contributed by atoms with Crippen molar-refractivity contribution in [1.82, 2.24) is 10.2 Å². The van der Waals surface area contributed by atoms with Gasteiger partial charge in [-0.2, -0.15) is 0 Å². The van der Waals surface area contributed by atoms with E-state index in [1.54, 1.807) is 12.1 Å². The maximum absolute atomic E-state index is 12.8. The fourth-order valence-corrected chi connectivity index (χ4v) is 3.27. The van der Waals surface area contributed by atoms with Gasteiger partial charge in [0.05, 0.1) is 6.61 Å². The Balaban J connectivity index is 1.38. The molecule has 22 heavy (non-hydrogen) atoms. The molecule has 1 aromatic rings. The highest BCUT2D eigenvalue weighted by molar-refractivity contribution is 5.76. The second-order valence-electron chi connectivity index (χ2n) is 6.17. The number of amides is 1. The summed E-state index contributed by atoms with van der Waals surface area (Å²) in [7, 11) is 0. The first-order valence-electron chi connectivity index (χ1n) is 8.13. The molecule has 3 rings (SSSR count). The number of fused-ring (bicyclic) bond motifs is 2. The lowest BCUT2D eigenvalue weighted by molar-refractivity contribution is -0.131. The summed E-state index contributed by atoms with van der Waals surface area (Å²) < 4.78 is 18.3. The zero-order valence-electron chi connectivity index (χ0n) is 12.8. The molecule has 5 heteroatoms. The van der Waals surface area contributed by atoms with Gasteiger partial charge in [-0.1, -0.05) is 0 Å². The molecule has 2 aliphatic rings. The highest BCUT2D eigenvalue weighted by Crippen LogP contribution is 2.21. The summed E-state index contributed by atoms with van der Waals surface area (Å²) in [5.41, 5.74) is 0. The SMILES string of the molecule is O=C(CCCOc1ccc(F)cc1)N1CCC2CCC(C1)N2. The van der Waals surface area contributed by atoms with Crippen molar-refractivity contribution >= 4 is 5.91 Å². The Morgan fingerprint density at radius 3 is 2.82 bits per heavy atom. The smallest absolute Gasteiger partial charge is 0.222 e. The number of ether oxygens (including phenoxy) is 1. The van der Waals surface area contributed by atoms with Crippen molar-refractivity contribution in [2.45, 2.75) is 44.2 Å². The van der Waals surface area contributed by atoms with E-state index >= 15 is 0 Å². The van der Waals surface area contributed by atoms with E-state index in [9.17, 15) is 9.18 Å². The van der Waals surface area contributed by atoms with Gasteiger partial charge in [0, 0.05) is 31.6 Å². The van der Waals surface area contributed by atoms with Crippen molar-refractivity contribution in [1.29, 1.82) is 0 Å². The van der Waals surface area contributed by atoms with Crippen molar-refractivity contribution in [2.75, 3.05) is 19.7 Å². The fourth-order valence-electron chi connectivity index (χ4n) is 3.27. The first kappa shape index (κ1) is 15.3. The number of carbonyl (C=O) groups excluding carboxylic acids is 1. The molecule has 4 nitrogen and oxygen atoms in total. The van der Waals surface area contributed by atoms with Crippen molar-refractivity contribution in [3.63, 3.8) is 0 Å². The van der Waals surface area contributed by atoms with E-state index in [0.29, 0.717) is 37.3 Å². The Morgan fingerprint density at radius 1 is 1.23 bits per heavy atom. The quantitative estimate of drug-likeness (QED) is 0.849. The molecular weight excluding hydrogens is 283 g/mol. The van der Waals surface area contributed by atoms with Crippen LogP contribution in [0.4, 0.5) is 4.39 Å². The molecule has 2 heterocycles. The van der Waals surface area contributed by atoms with Crippen molar-refractivity contribution in [2.24, 2.45) is 0 Å². The Hall–Kier alpha value is -1.62. The van der Waals surface area contributed by atoms with Gasteiger partial charge in [0.2, 0.25) is 5.91 Å². The third-order valence-corrected chi connectivity index (χ3v) is 4.49. The Labute approximate surface area is 130 Å². The van der Waals surface area contributed by atoms with Crippen LogP contribution in [0.25, 0.3) is 0 Å². The van der Waals surface area contributed by atoms with E-state index in [-0.39, 0.29) is 11.7 Å². The van der Waals surface area contributed by atoms with Crippen LogP contribution in [0.2, 0.25) is 0 Å². The third-order valence-electron chi connectivity index (χ3n) is 4.49. The fraction of sp³-hybridized carbons (Fsp3) is 0.588. The maximum Gasteiger partial charge on any atom is 0.222 e. The normalized spacial score (nSPS) is 24.1. The monoisotopic (exact) mass is 306 g/mol. The van der Waals surface area contributed by atoms with Crippen LogP contribution in [0.15, 0.2) is 24.3 Å². The lowest BCUT2D eigenvalue weighted by Crippen LogP contribution is -2.39. The van der Waals surface area contributed by atoms with Gasteiger partial charge < -0.3 is 15.0 Å². The Kier molecular flexibility index (Phi) is 4.93. The van der Waals surface area contributed by atoms with Crippen LogP contribution in [-0.4, -0.2) is 42.6 Å². The molecule has 0 saturated carbocycles. The van der Waals surface area contributed by atoms with Crippen molar-refractivity contribution in [3.05, 3.63) is 30.1 Å². The molecule has 120 valence electrons. The number of likely N-dealkylation sites (tertiary alicyclic amines) is 1. The molecule has 1 aromatic carbocycles. The molecule has 2 atom stereocenters. The van der Waals surface area contributed by atoms with E-state index in [1.165, 1.54) is 25.0 Å². The summed E-state index contributed by atoms with van der Waals surface area (Å²) in [4.78, 5) is 14.3.